The van der Waals surface area contributed by atoms with Crippen LogP contribution in [-0.4, -0.2) is 11.1 Å². The van der Waals surface area contributed by atoms with Crippen molar-refractivity contribution in [2.45, 2.75) is 6.61 Å². The number of carboxylic acids is 1. The molecule has 2 aromatic carbocycles. The normalized spacial score (nSPS) is 11.0. The van der Waals surface area contributed by atoms with Crippen LogP contribution < -0.4 is 4.74 Å². The number of carboxylic acid groups (broad SMARTS) is 1. The maximum absolute atomic E-state index is 13.8. The third kappa shape index (κ3) is 4.25. The minimum Gasteiger partial charge on any atom is -0.488 e. The first kappa shape index (κ1) is 17.8. The number of hydrogen-bond acceptors (Lipinski definition) is 3. The van der Waals surface area contributed by atoms with Crippen LogP contribution in [0.5, 0.6) is 5.75 Å². The molecule has 4 nitrogen and oxygen atoms in total. The predicted octanol–water partition coefficient (Wildman–Crippen LogP) is 4.70. The lowest BCUT2D eigenvalue weighted by atomic mass is 10.1. The minimum atomic E-state index is -1.37. The summed E-state index contributed by atoms with van der Waals surface area (Å²) in [6.45, 7) is -0.164. The highest BCUT2D eigenvalue weighted by Gasteiger charge is 2.12. The number of benzene rings is 2. The van der Waals surface area contributed by atoms with Crippen molar-refractivity contribution in [3.05, 3.63) is 69.0 Å². The topological polar surface area (TPSA) is 70.3 Å². The molecule has 0 fully saturated rings. The second kappa shape index (κ2) is 7.82. The van der Waals surface area contributed by atoms with Gasteiger partial charge in [-0.15, -0.1) is 0 Å². The van der Waals surface area contributed by atoms with Gasteiger partial charge in [0.1, 0.15) is 29.8 Å². The molecule has 0 aliphatic rings. The summed E-state index contributed by atoms with van der Waals surface area (Å²) in [5.41, 5.74) is -0.0252. The van der Waals surface area contributed by atoms with E-state index >= 15 is 0 Å². The van der Waals surface area contributed by atoms with Gasteiger partial charge in [-0.25, -0.2) is 9.18 Å². The summed E-state index contributed by atoms with van der Waals surface area (Å²) in [7, 11) is 0. The van der Waals surface area contributed by atoms with Crippen molar-refractivity contribution in [2.75, 3.05) is 0 Å². The van der Waals surface area contributed by atoms with E-state index in [1.54, 1.807) is 6.07 Å². The fourth-order valence-corrected chi connectivity index (χ4v) is 2.28. The Bertz CT molecular complexity index is 839. The number of nitriles is 1. The van der Waals surface area contributed by atoms with Gasteiger partial charge in [0, 0.05) is 16.1 Å². The Morgan fingerprint density at radius 2 is 2.08 bits per heavy atom. The molecule has 122 valence electrons. The molecule has 0 heterocycles. The predicted molar refractivity (Wildman–Crippen MR) is 88.4 cm³/mol. The van der Waals surface area contributed by atoms with Gasteiger partial charge < -0.3 is 9.84 Å². The summed E-state index contributed by atoms with van der Waals surface area (Å²) in [4.78, 5) is 11.0. The van der Waals surface area contributed by atoms with Gasteiger partial charge in [-0.2, -0.15) is 5.26 Å². The van der Waals surface area contributed by atoms with E-state index in [-0.39, 0.29) is 28.5 Å². The average Bonchev–Trinajstić information content (AvgIpc) is 2.53. The molecular formula is C17H10Cl2FNO3. The Morgan fingerprint density at radius 3 is 2.71 bits per heavy atom. The molecular weight excluding hydrogens is 356 g/mol. The van der Waals surface area contributed by atoms with E-state index < -0.39 is 17.4 Å². The Kier molecular flexibility index (Phi) is 5.80. The van der Waals surface area contributed by atoms with Gasteiger partial charge in [-0.3, -0.25) is 0 Å². The van der Waals surface area contributed by atoms with E-state index in [1.165, 1.54) is 36.4 Å². The molecule has 0 bridgehead atoms. The Hall–Kier alpha value is -2.55. The molecule has 1 N–H and O–H groups in total. The molecule has 0 aliphatic heterocycles. The quantitative estimate of drug-likeness (QED) is 0.615. The van der Waals surface area contributed by atoms with Crippen molar-refractivity contribution in [2.24, 2.45) is 0 Å². The molecule has 2 aromatic rings. The SMILES string of the molecule is N#CC(=Cc1cc(Cl)ccc1OCc1c(F)cccc1Cl)C(=O)O. The van der Waals surface area contributed by atoms with E-state index in [0.717, 1.165) is 6.08 Å². The highest BCUT2D eigenvalue weighted by Crippen LogP contribution is 2.28. The van der Waals surface area contributed by atoms with Crippen LogP contribution in [0.25, 0.3) is 6.08 Å². The lowest BCUT2D eigenvalue weighted by Gasteiger charge is -2.11. The van der Waals surface area contributed by atoms with Crippen LogP contribution in [0.3, 0.4) is 0 Å². The summed E-state index contributed by atoms with van der Waals surface area (Å²) in [5.74, 6) is -1.65. The van der Waals surface area contributed by atoms with Crippen LogP contribution in [0.4, 0.5) is 4.39 Å². The first-order chi connectivity index (χ1) is 11.4. The monoisotopic (exact) mass is 365 g/mol. The van der Waals surface area contributed by atoms with E-state index in [1.807, 2.05) is 0 Å². The van der Waals surface area contributed by atoms with Crippen molar-refractivity contribution in [1.82, 2.24) is 0 Å². The fraction of sp³-hybridized carbons (Fsp3) is 0.0588. The fourth-order valence-electron chi connectivity index (χ4n) is 1.88. The van der Waals surface area contributed by atoms with Crippen molar-refractivity contribution >= 4 is 35.2 Å². The summed E-state index contributed by atoms with van der Waals surface area (Å²) in [6.07, 6.45) is 1.13. The van der Waals surface area contributed by atoms with Crippen LogP contribution in [0.2, 0.25) is 10.0 Å². The molecule has 0 saturated heterocycles. The second-order valence-electron chi connectivity index (χ2n) is 4.65. The second-order valence-corrected chi connectivity index (χ2v) is 5.49. The van der Waals surface area contributed by atoms with E-state index in [0.29, 0.717) is 5.02 Å². The number of hydrogen-bond donors (Lipinski definition) is 1. The third-order valence-electron chi connectivity index (χ3n) is 3.06. The van der Waals surface area contributed by atoms with Crippen molar-refractivity contribution < 1.29 is 19.0 Å². The average molecular weight is 366 g/mol. The maximum atomic E-state index is 13.8. The van der Waals surface area contributed by atoms with Gasteiger partial charge >= 0.3 is 5.97 Å². The standard InChI is InChI=1S/C17H10Cl2FNO3/c18-12-4-5-16(10(7-12)6-11(8-21)17(22)23)24-9-13-14(19)2-1-3-15(13)20/h1-7H,9H2,(H,22,23). The van der Waals surface area contributed by atoms with E-state index in [2.05, 4.69) is 0 Å². The number of carbonyl (C=O) groups is 1. The minimum absolute atomic E-state index is 0.164. The summed E-state index contributed by atoms with van der Waals surface area (Å²) in [6, 6.07) is 10.3. The first-order valence-corrected chi connectivity index (χ1v) is 7.38. The van der Waals surface area contributed by atoms with Crippen LogP contribution in [-0.2, 0) is 11.4 Å². The molecule has 0 aromatic heterocycles. The van der Waals surface area contributed by atoms with Gasteiger partial charge in [0.15, 0.2) is 0 Å². The smallest absolute Gasteiger partial charge is 0.346 e. The molecule has 0 amide bonds. The molecule has 0 atom stereocenters. The van der Waals surface area contributed by atoms with E-state index in [4.69, 9.17) is 38.3 Å². The molecule has 0 radical (unpaired) electrons. The third-order valence-corrected chi connectivity index (χ3v) is 3.65. The highest BCUT2D eigenvalue weighted by atomic mass is 35.5. The number of nitrogens with zero attached hydrogens (tertiary/aromatic N) is 1. The first-order valence-electron chi connectivity index (χ1n) is 6.62. The summed E-state index contributed by atoms with van der Waals surface area (Å²) < 4.78 is 19.3. The molecule has 2 rings (SSSR count). The molecule has 0 saturated carbocycles. The maximum Gasteiger partial charge on any atom is 0.346 e. The zero-order valence-corrected chi connectivity index (χ0v) is 13.6. The lowest BCUT2D eigenvalue weighted by Crippen LogP contribution is -2.02. The molecule has 0 unspecified atom stereocenters. The number of halogens is 3. The van der Waals surface area contributed by atoms with Crippen molar-refractivity contribution in [3.63, 3.8) is 0 Å². The Morgan fingerprint density at radius 1 is 1.33 bits per heavy atom. The van der Waals surface area contributed by atoms with Crippen LogP contribution in [0, 0.1) is 17.1 Å². The zero-order chi connectivity index (χ0) is 17.7. The van der Waals surface area contributed by atoms with Crippen molar-refractivity contribution in [3.8, 4) is 11.8 Å². The van der Waals surface area contributed by atoms with Gasteiger partial charge in [0.25, 0.3) is 0 Å². The molecule has 24 heavy (non-hydrogen) atoms. The summed E-state index contributed by atoms with van der Waals surface area (Å²) >= 11 is 11.8. The van der Waals surface area contributed by atoms with Gasteiger partial charge in [-0.05, 0) is 36.4 Å². The Labute approximate surface area is 147 Å². The zero-order valence-electron chi connectivity index (χ0n) is 12.1. The number of aliphatic carboxylic acids is 1. The molecule has 0 aliphatic carbocycles. The number of rotatable bonds is 5. The van der Waals surface area contributed by atoms with E-state index in [9.17, 15) is 9.18 Å². The van der Waals surface area contributed by atoms with Gasteiger partial charge in [0.2, 0.25) is 0 Å². The lowest BCUT2D eigenvalue weighted by molar-refractivity contribution is -0.132. The molecule has 7 heteroatoms. The number of ether oxygens (including phenoxy) is 1. The Balaban J connectivity index is 2.35. The highest BCUT2D eigenvalue weighted by molar-refractivity contribution is 6.31. The summed E-state index contributed by atoms with van der Waals surface area (Å²) in [5, 5.41) is 18.3. The van der Waals surface area contributed by atoms with Gasteiger partial charge in [-0.1, -0.05) is 29.3 Å². The van der Waals surface area contributed by atoms with Crippen LogP contribution >= 0.6 is 23.2 Å². The van der Waals surface area contributed by atoms with Gasteiger partial charge in [0.05, 0.1) is 5.02 Å². The largest absolute Gasteiger partial charge is 0.488 e. The van der Waals surface area contributed by atoms with Crippen LogP contribution in [0.15, 0.2) is 42.0 Å². The van der Waals surface area contributed by atoms with Crippen molar-refractivity contribution in [1.29, 1.82) is 5.26 Å². The molecule has 0 spiro atoms. The van der Waals surface area contributed by atoms with Crippen LogP contribution in [0.1, 0.15) is 11.1 Å².